The van der Waals surface area contributed by atoms with Crippen molar-refractivity contribution in [2.45, 2.75) is 0 Å². The fraction of sp³-hybridized carbons (Fsp3) is 0. The second-order valence-corrected chi connectivity index (χ2v) is 0. The molecule has 0 aromatic carbocycles. The van der Waals surface area contributed by atoms with E-state index in [-0.39, 0.29) is 38.3 Å². The van der Waals surface area contributed by atoms with Gasteiger partial charge in [0.25, 0.3) is 0 Å². The van der Waals surface area contributed by atoms with E-state index in [2.05, 4.69) is 0 Å². The first-order chi connectivity index (χ1) is 1.00. The summed E-state index contributed by atoms with van der Waals surface area (Å²) in [5.41, 5.74) is 0. The Bertz CT molecular complexity index is 8.88. The molecule has 0 rings (SSSR count). The van der Waals surface area contributed by atoms with E-state index in [1.165, 1.54) is 0 Å². The zero-order valence-electron chi connectivity index (χ0n) is 4.46. The van der Waals surface area contributed by atoms with Crippen molar-refractivity contribution in [3.05, 3.63) is 0 Å². The fourth-order valence-corrected chi connectivity index (χ4v) is 0. The second kappa shape index (κ2) is 427. The summed E-state index contributed by atoms with van der Waals surface area (Å²) in [7, 11) is 0. The molecule has 0 saturated heterocycles. The van der Waals surface area contributed by atoms with Gasteiger partial charge in [-0.25, -0.2) is 0 Å². The molecule has 14 N–H and O–H groups in total. The Morgan fingerprint density at radius 3 is 0.444 bits per heavy atom. The zero-order chi connectivity index (χ0) is 2.00. The van der Waals surface area contributed by atoms with Gasteiger partial charge in [-0.1, -0.05) is 0 Å². The van der Waals surface area contributed by atoms with Gasteiger partial charge >= 0.3 is 39.1 Å². The van der Waals surface area contributed by atoms with Crippen molar-refractivity contribution in [2.24, 2.45) is 0 Å². The SMILES string of the molecule is O.O.O.O.O.O.O.[Cl][La]. The van der Waals surface area contributed by atoms with Gasteiger partial charge in [-0.05, 0) is 0 Å². The first kappa shape index (κ1) is 178. The van der Waals surface area contributed by atoms with Crippen molar-refractivity contribution in [2.75, 3.05) is 0 Å². The van der Waals surface area contributed by atoms with Crippen molar-refractivity contribution in [3.8, 4) is 0 Å². The topological polar surface area (TPSA) is 220 Å². The zero-order valence-corrected chi connectivity index (χ0v) is 8.84. The van der Waals surface area contributed by atoms with E-state index < -0.39 is 0 Å². The molecule has 0 aromatic rings. The molecule has 0 unspecified atom stereocenters. The van der Waals surface area contributed by atoms with E-state index in [0.717, 1.165) is 0 Å². The van der Waals surface area contributed by atoms with Crippen molar-refractivity contribution < 1.29 is 70.6 Å². The fourth-order valence-electron chi connectivity index (χ4n) is 0. The van der Waals surface area contributed by atoms with Crippen LogP contribution in [-0.4, -0.2) is 38.3 Å². The molecule has 0 atom stereocenters. The van der Waals surface area contributed by atoms with Crippen molar-refractivity contribution in [1.29, 1.82) is 0 Å². The molecular formula is H14ClLaO7. The maximum absolute atomic E-state index is 4.81. The van der Waals surface area contributed by atoms with Crippen LogP contribution in [0.25, 0.3) is 0 Å². The normalized spacial score (nSPS) is 0.444. The van der Waals surface area contributed by atoms with Crippen LogP contribution in [0.5, 0.6) is 0 Å². The van der Waals surface area contributed by atoms with E-state index in [4.69, 9.17) is 6.79 Å². The van der Waals surface area contributed by atoms with Gasteiger partial charge in [-0.15, -0.1) is 0 Å². The molecule has 0 aliphatic carbocycles. The van der Waals surface area contributed by atoms with Crippen LogP contribution in [0.2, 0.25) is 0 Å². The molecule has 0 fully saturated rings. The molecule has 0 spiro atoms. The summed E-state index contributed by atoms with van der Waals surface area (Å²) < 4.78 is 0. The van der Waals surface area contributed by atoms with Crippen LogP contribution in [0.15, 0.2) is 0 Å². The summed E-state index contributed by atoms with van der Waals surface area (Å²) in [4.78, 5) is 0. The molecular weight excluding hydrogens is 286 g/mol. The minimum atomic E-state index is 0. The summed E-state index contributed by atoms with van der Waals surface area (Å²) in [6, 6.07) is 0. The van der Waals surface area contributed by atoms with E-state index in [1.54, 1.807) is 0 Å². The van der Waals surface area contributed by atoms with Gasteiger partial charge in [0.05, 0.1) is 0 Å². The van der Waals surface area contributed by atoms with Crippen LogP contribution < -0.4 is 0 Å². The molecule has 0 amide bonds. The Kier molecular flexibility index (Phi) is 8440. The molecule has 0 radical (unpaired) electrons. The summed E-state index contributed by atoms with van der Waals surface area (Å²) in [5.74, 6) is 0. The summed E-state index contributed by atoms with van der Waals surface area (Å²) in [5, 5.41) is 0. The van der Waals surface area contributed by atoms with Crippen LogP contribution >= 0.6 is 6.79 Å². The van der Waals surface area contributed by atoms with E-state index >= 15 is 0 Å². The standard InChI is InChI=1S/ClH.La.7H2O/h1H;;7*1H2/q;+1;;;;;;;/p-1. The third kappa shape index (κ3) is 329. The third-order valence-corrected chi connectivity index (χ3v) is 0. The Morgan fingerprint density at radius 1 is 0.444 bits per heavy atom. The average Bonchev–Trinajstić information content (AvgIpc) is 1.00. The molecule has 0 aliphatic rings. The Morgan fingerprint density at radius 2 is 0.444 bits per heavy atom. The minimum absolute atomic E-state index is 0. The average molecular weight is 300 g/mol. The van der Waals surface area contributed by atoms with E-state index in [1.807, 2.05) is 0 Å². The van der Waals surface area contributed by atoms with Gasteiger partial charge < -0.3 is 38.3 Å². The van der Waals surface area contributed by atoms with E-state index in [9.17, 15) is 0 Å². The first-order valence-corrected chi connectivity index (χ1v) is 4.77. The van der Waals surface area contributed by atoms with Gasteiger partial charge in [-0.3, -0.25) is 0 Å². The van der Waals surface area contributed by atoms with Crippen molar-refractivity contribution in [1.82, 2.24) is 0 Å². The first-order valence-electron chi connectivity index (χ1n) is 0.218. The molecule has 0 aliphatic heterocycles. The molecule has 0 saturated carbocycles. The molecule has 9 heavy (non-hydrogen) atoms. The molecule has 0 bridgehead atoms. The van der Waals surface area contributed by atoms with Gasteiger partial charge in [0, 0.05) is 0 Å². The predicted octanol–water partition coefficient (Wildman–Crippen LogP) is -5.08. The maximum atomic E-state index is 4.81. The summed E-state index contributed by atoms with van der Waals surface area (Å²) >= 11 is 0.639. The Hall–Kier alpha value is 1.20. The van der Waals surface area contributed by atoms with Gasteiger partial charge in [0.15, 0.2) is 0 Å². The number of rotatable bonds is 0. The third-order valence-electron chi connectivity index (χ3n) is 0. The Labute approximate surface area is 77.1 Å². The summed E-state index contributed by atoms with van der Waals surface area (Å²) in [6.07, 6.45) is 0. The van der Waals surface area contributed by atoms with Crippen molar-refractivity contribution >= 4 is 6.79 Å². The van der Waals surface area contributed by atoms with Gasteiger partial charge in [0.1, 0.15) is 0 Å². The molecule has 66 valence electrons. The van der Waals surface area contributed by atoms with Crippen LogP contribution in [0.4, 0.5) is 0 Å². The van der Waals surface area contributed by atoms with Crippen LogP contribution in [0, 0.1) is 32.3 Å². The van der Waals surface area contributed by atoms with Crippen LogP contribution in [0.1, 0.15) is 0 Å². The Balaban J connectivity index is -0.000000000238. The molecule has 7 nitrogen and oxygen atoms in total. The van der Waals surface area contributed by atoms with E-state index in [0.29, 0.717) is 32.3 Å². The quantitative estimate of drug-likeness (QED) is 0.409. The molecule has 9 heteroatoms. The molecule has 0 heterocycles. The second-order valence-electron chi connectivity index (χ2n) is 0. The number of halogens is 1. The number of hydrogen-bond donors (Lipinski definition) is 0. The van der Waals surface area contributed by atoms with Gasteiger partial charge in [-0.2, -0.15) is 0 Å². The predicted molar refractivity (Wildman–Crippen MR) is 31.1 cm³/mol. The summed E-state index contributed by atoms with van der Waals surface area (Å²) in [6.45, 7) is 4.81. The monoisotopic (exact) mass is 300 g/mol. The molecule has 0 aromatic heterocycles. The van der Waals surface area contributed by atoms with Crippen molar-refractivity contribution in [3.63, 3.8) is 0 Å². The van der Waals surface area contributed by atoms with Crippen LogP contribution in [0.3, 0.4) is 0 Å². The number of hydrogen-bond acceptors (Lipinski definition) is 0. The van der Waals surface area contributed by atoms with Crippen LogP contribution in [-0.2, 0) is 0 Å². The van der Waals surface area contributed by atoms with Gasteiger partial charge in [0.2, 0.25) is 0 Å².